The predicted molar refractivity (Wildman–Crippen MR) is 136 cm³/mol. The summed E-state index contributed by atoms with van der Waals surface area (Å²) < 4.78 is 0. The Labute approximate surface area is 200 Å². The largest absolute Gasteiger partial charge is 0.230 e. The van der Waals surface area contributed by atoms with E-state index in [1.54, 1.807) is 0 Å². The molecule has 0 unspecified atom stereocenters. The molecule has 0 atom stereocenters. The standard InChI is InChI=1S/C29H40O4/c1-22(24-17-13-11-14-18-24)28(7,8)32-30-26(3,4)21-27(5,6)31-33-29(9,10)23(2)25-19-15-12-16-20-25/h11-20H,1-2,21H2,3-10H3. The Kier molecular flexibility index (Phi) is 8.47. The SMILES string of the molecule is C=C(c1ccccc1)C(C)(C)OOC(C)(C)CC(C)(C)OOC(C)(C)C(=C)c1ccccc1. The first-order valence-electron chi connectivity index (χ1n) is 11.4. The molecule has 0 saturated carbocycles. The van der Waals surface area contributed by atoms with Crippen molar-refractivity contribution in [2.24, 2.45) is 0 Å². The second-order valence-electron chi connectivity index (χ2n) is 10.7. The van der Waals surface area contributed by atoms with Gasteiger partial charge in [-0.2, -0.15) is 0 Å². The minimum atomic E-state index is -0.699. The van der Waals surface area contributed by atoms with Crippen LogP contribution in [0, 0.1) is 0 Å². The van der Waals surface area contributed by atoms with Crippen molar-refractivity contribution in [1.82, 2.24) is 0 Å². The van der Waals surface area contributed by atoms with Gasteiger partial charge in [0.2, 0.25) is 0 Å². The van der Waals surface area contributed by atoms with Gasteiger partial charge in [0.25, 0.3) is 0 Å². The summed E-state index contributed by atoms with van der Waals surface area (Å²) in [7, 11) is 0. The van der Waals surface area contributed by atoms with Gasteiger partial charge in [-0.15, -0.1) is 0 Å². The molecule has 0 aromatic heterocycles. The zero-order chi connectivity index (χ0) is 24.9. The maximum Gasteiger partial charge on any atom is 0.123 e. The van der Waals surface area contributed by atoms with Crippen molar-refractivity contribution in [2.75, 3.05) is 0 Å². The smallest absolute Gasteiger partial charge is 0.123 e. The van der Waals surface area contributed by atoms with Crippen molar-refractivity contribution >= 4 is 11.1 Å². The van der Waals surface area contributed by atoms with E-state index in [0.29, 0.717) is 6.42 Å². The summed E-state index contributed by atoms with van der Waals surface area (Å²) in [5.41, 5.74) is 1.05. The molecule has 0 saturated heterocycles. The third-order valence-electron chi connectivity index (χ3n) is 5.50. The lowest BCUT2D eigenvalue weighted by molar-refractivity contribution is -0.420. The second kappa shape index (κ2) is 10.4. The van der Waals surface area contributed by atoms with Crippen molar-refractivity contribution in [3.63, 3.8) is 0 Å². The van der Waals surface area contributed by atoms with E-state index < -0.39 is 22.4 Å². The Morgan fingerprint density at radius 2 is 0.848 bits per heavy atom. The first kappa shape index (κ1) is 27.0. The fourth-order valence-electron chi connectivity index (χ4n) is 3.59. The summed E-state index contributed by atoms with van der Waals surface area (Å²) in [6.07, 6.45) is 0.530. The molecule has 2 rings (SSSR count). The van der Waals surface area contributed by atoms with Crippen LogP contribution in [-0.4, -0.2) is 22.4 Å². The van der Waals surface area contributed by atoms with E-state index in [-0.39, 0.29) is 0 Å². The summed E-state index contributed by atoms with van der Waals surface area (Å²) in [5, 5.41) is 0. The molecule has 4 heteroatoms. The highest BCUT2D eigenvalue weighted by molar-refractivity contribution is 5.69. The van der Waals surface area contributed by atoms with Crippen LogP contribution in [0.25, 0.3) is 11.1 Å². The van der Waals surface area contributed by atoms with Gasteiger partial charge in [0.05, 0.1) is 0 Å². The second-order valence-corrected chi connectivity index (χ2v) is 10.7. The van der Waals surface area contributed by atoms with Gasteiger partial charge in [-0.05, 0) is 77.7 Å². The van der Waals surface area contributed by atoms with E-state index in [4.69, 9.17) is 19.6 Å². The molecule has 2 aromatic carbocycles. The molecule has 0 heterocycles. The first-order valence-corrected chi connectivity index (χ1v) is 11.4. The predicted octanol–water partition coefficient (Wildman–Crippen LogP) is 7.81. The Morgan fingerprint density at radius 1 is 0.545 bits per heavy atom. The van der Waals surface area contributed by atoms with Crippen molar-refractivity contribution < 1.29 is 19.6 Å². The molecular weight excluding hydrogens is 412 g/mol. The number of hydrogen-bond acceptors (Lipinski definition) is 4. The monoisotopic (exact) mass is 452 g/mol. The van der Waals surface area contributed by atoms with Crippen LogP contribution in [0.2, 0.25) is 0 Å². The van der Waals surface area contributed by atoms with Crippen LogP contribution < -0.4 is 0 Å². The summed E-state index contributed by atoms with van der Waals surface area (Å²) in [6.45, 7) is 24.1. The van der Waals surface area contributed by atoms with Gasteiger partial charge in [0, 0.05) is 6.42 Å². The van der Waals surface area contributed by atoms with Gasteiger partial charge in [-0.3, -0.25) is 0 Å². The van der Waals surface area contributed by atoms with Crippen LogP contribution in [-0.2, 0) is 19.6 Å². The molecule has 4 nitrogen and oxygen atoms in total. The molecule has 0 fully saturated rings. The Bertz CT molecular complexity index is 847. The molecule has 0 radical (unpaired) electrons. The van der Waals surface area contributed by atoms with Crippen LogP contribution in [0.4, 0.5) is 0 Å². The highest BCUT2D eigenvalue weighted by atomic mass is 17.2. The highest BCUT2D eigenvalue weighted by Gasteiger charge is 2.37. The Balaban J connectivity index is 1.95. The molecule has 0 amide bonds. The third kappa shape index (κ3) is 7.94. The fraction of sp³-hybridized carbons (Fsp3) is 0.448. The summed E-state index contributed by atoms with van der Waals surface area (Å²) in [4.78, 5) is 23.6. The Hall–Kier alpha value is -2.24. The molecule has 180 valence electrons. The van der Waals surface area contributed by atoms with Crippen molar-refractivity contribution in [2.45, 2.75) is 84.2 Å². The number of hydrogen-bond donors (Lipinski definition) is 0. The maximum atomic E-state index is 5.91. The summed E-state index contributed by atoms with van der Waals surface area (Å²) in [6, 6.07) is 19.9. The van der Waals surface area contributed by atoms with E-state index in [1.165, 1.54) is 0 Å². The minimum absolute atomic E-state index is 0.530. The van der Waals surface area contributed by atoms with Gasteiger partial charge in [0.15, 0.2) is 0 Å². The van der Waals surface area contributed by atoms with E-state index in [1.807, 2.05) is 116 Å². The van der Waals surface area contributed by atoms with Crippen LogP contribution >= 0.6 is 0 Å². The lowest BCUT2D eigenvalue weighted by Crippen LogP contribution is -2.41. The zero-order valence-electron chi connectivity index (χ0n) is 21.5. The molecule has 0 bridgehead atoms. The van der Waals surface area contributed by atoms with Gasteiger partial charge < -0.3 is 0 Å². The van der Waals surface area contributed by atoms with E-state index >= 15 is 0 Å². The van der Waals surface area contributed by atoms with Crippen molar-refractivity contribution in [3.05, 3.63) is 84.9 Å². The van der Waals surface area contributed by atoms with Gasteiger partial charge in [-0.1, -0.05) is 73.8 Å². The number of benzene rings is 2. The molecule has 33 heavy (non-hydrogen) atoms. The van der Waals surface area contributed by atoms with Gasteiger partial charge >= 0.3 is 0 Å². The fourth-order valence-corrected chi connectivity index (χ4v) is 3.59. The lowest BCUT2D eigenvalue weighted by atomic mass is 9.92. The topological polar surface area (TPSA) is 36.9 Å². The van der Waals surface area contributed by atoms with E-state index in [0.717, 1.165) is 22.3 Å². The van der Waals surface area contributed by atoms with E-state index in [9.17, 15) is 0 Å². The maximum absolute atomic E-state index is 5.91. The zero-order valence-corrected chi connectivity index (χ0v) is 21.5. The third-order valence-corrected chi connectivity index (χ3v) is 5.50. The normalized spacial score (nSPS) is 13.1. The van der Waals surface area contributed by atoms with Crippen LogP contribution in [0.15, 0.2) is 73.8 Å². The molecule has 0 spiro atoms. The molecule has 0 aliphatic carbocycles. The van der Waals surface area contributed by atoms with Crippen molar-refractivity contribution in [1.29, 1.82) is 0 Å². The quantitative estimate of drug-likeness (QED) is 0.243. The summed E-state index contributed by atoms with van der Waals surface area (Å²) >= 11 is 0. The Morgan fingerprint density at radius 3 is 1.15 bits per heavy atom. The molecule has 2 aromatic rings. The first-order chi connectivity index (χ1) is 15.2. The highest BCUT2D eigenvalue weighted by Crippen LogP contribution is 2.35. The average molecular weight is 453 g/mol. The molecule has 0 aliphatic rings. The molecular formula is C29H40O4. The minimum Gasteiger partial charge on any atom is -0.230 e. The molecule has 0 aliphatic heterocycles. The van der Waals surface area contributed by atoms with E-state index in [2.05, 4.69) is 13.2 Å². The lowest BCUT2D eigenvalue weighted by Gasteiger charge is -2.37. The average Bonchev–Trinajstić information content (AvgIpc) is 2.76. The molecule has 0 N–H and O–H groups in total. The number of rotatable bonds is 12. The van der Waals surface area contributed by atoms with Gasteiger partial charge in [0.1, 0.15) is 22.4 Å². The van der Waals surface area contributed by atoms with Crippen LogP contribution in [0.5, 0.6) is 0 Å². The van der Waals surface area contributed by atoms with Crippen LogP contribution in [0.1, 0.15) is 72.9 Å². The van der Waals surface area contributed by atoms with Gasteiger partial charge in [-0.25, -0.2) is 19.6 Å². The van der Waals surface area contributed by atoms with Crippen molar-refractivity contribution in [3.8, 4) is 0 Å². The van der Waals surface area contributed by atoms with Crippen LogP contribution in [0.3, 0.4) is 0 Å². The summed E-state index contributed by atoms with van der Waals surface area (Å²) in [5.74, 6) is 0.